The average Bonchev–Trinajstić information content (AvgIpc) is 3.21. The minimum atomic E-state index is -4.41. The Morgan fingerprint density at radius 1 is 1.10 bits per heavy atom. The van der Waals surface area contributed by atoms with E-state index in [1.165, 1.54) is 18.6 Å². The van der Waals surface area contributed by atoms with Gasteiger partial charge in [0.15, 0.2) is 0 Å². The van der Waals surface area contributed by atoms with E-state index < -0.39 is 17.6 Å². The summed E-state index contributed by atoms with van der Waals surface area (Å²) in [6.07, 6.45) is -1.54. The van der Waals surface area contributed by atoms with Crippen LogP contribution in [0.5, 0.6) is 0 Å². The van der Waals surface area contributed by atoms with Crippen LogP contribution in [0.1, 0.15) is 27.3 Å². The Morgan fingerprint density at radius 3 is 2.71 bits per heavy atom. The Hall–Kier alpha value is -3.72. The van der Waals surface area contributed by atoms with Crippen molar-refractivity contribution < 1.29 is 23.1 Å². The van der Waals surface area contributed by atoms with Gasteiger partial charge in [-0.05, 0) is 42.0 Å². The Kier molecular flexibility index (Phi) is 5.43. The Bertz CT molecular complexity index is 1250. The molecule has 0 aliphatic carbocycles. The normalized spacial score (nSPS) is 11.6. The lowest BCUT2D eigenvalue weighted by molar-refractivity contribution is -0.137. The third-order valence-electron chi connectivity index (χ3n) is 4.65. The molecular weight excluding hydrogens is 409 g/mol. The molecule has 1 amide bonds. The van der Waals surface area contributed by atoms with E-state index in [9.17, 15) is 18.0 Å². The Labute approximate surface area is 175 Å². The van der Waals surface area contributed by atoms with Gasteiger partial charge in [0.05, 0.1) is 29.7 Å². The molecule has 0 atom stereocenters. The standard InChI is InChI=1S/C22H17F3N4O2/c23-22(24,25)16-3-1-2-14(8-16)10-29-11-20(26-13-29)21(31)28-17-6-7-19-15(9-17)4-5-18(12-30)27-19/h1-9,11,13,30H,10,12H2,(H,28,31). The highest BCUT2D eigenvalue weighted by Gasteiger charge is 2.30. The van der Waals surface area contributed by atoms with Gasteiger partial charge >= 0.3 is 6.18 Å². The molecule has 0 spiro atoms. The number of alkyl halides is 3. The number of imidazole rings is 1. The molecule has 0 bridgehead atoms. The Morgan fingerprint density at radius 2 is 1.94 bits per heavy atom. The van der Waals surface area contributed by atoms with Crippen molar-refractivity contribution in [2.75, 3.05) is 5.32 Å². The van der Waals surface area contributed by atoms with E-state index in [0.29, 0.717) is 22.5 Å². The SMILES string of the molecule is O=C(Nc1ccc2nc(CO)ccc2c1)c1cn(Cc2cccc(C(F)(F)F)c2)cn1. The lowest BCUT2D eigenvalue weighted by Gasteiger charge is -2.09. The van der Waals surface area contributed by atoms with Crippen molar-refractivity contribution in [2.45, 2.75) is 19.3 Å². The molecule has 31 heavy (non-hydrogen) atoms. The number of aliphatic hydroxyl groups is 1. The molecule has 0 fully saturated rings. The van der Waals surface area contributed by atoms with Gasteiger partial charge in [-0.2, -0.15) is 13.2 Å². The number of halogens is 3. The first kappa shape index (κ1) is 20.5. The van der Waals surface area contributed by atoms with E-state index in [2.05, 4.69) is 15.3 Å². The molecule has 0 saturated heterocycles. The fourth-order valence-corrected chi connectivity index (χ4v) is 3.15. The maximum absolute atomic E-state index is 12.9. The number of benzene rings is 2. The van der Waals surface area contributed by atoms with Crippen LogP contribution >= 0.6 is 0 Å². The van der Waals surface area contributed by atoms with Crippen molar-refractivity contribution in [1.29, 1.82) is 0 Å². The van der Waals surface area contributed by atoms with Crippen LogP contribution in [0.4, 0.5) is 18.9 Å². The molecule has 6 nitrogen and oxygen atoms in total. The number of pyridine rings is 1. The average molecular weight is 426 g/mol. The van der Waals surface area contributed by atoms with Gasteiger partial charge in [0, 0.05) is 23.8 Å². The summed E-state index contributed by atoms with van der Waals surface area (Å²) in [5, 5.41) is 12.7. The zero-order chi connectivity index (χ0) is 22.0. The lowest BCUT2D eigenvalue weighted by atomic mass is 10.1. The minimum absolute atomic E-state index is 0.140. The van der Waals surface area contributed by atoms with E-state index in [1.807, 2.05) is 0 Å². The topological polar surface area (TPSA) is 80.0 Å². The van der Waals surface area contributed by atoms with Gasteiger partial charge in [-0.15, -0.1) is 0 Å². The van der Waals surface area contributed by atoms with Crippen LogP contribution in [0.25, 0.3) is 10.9 Å². The highest BCUT2D eigenvalue weighted by Crippen LogP contribution is 2.29. The predicted octanol–water partition coefficient (Wildman–Crippen LogP) is 4.24. The molecule has 2 heterocycles. The molecule has 158 valence electrons. The number of carbonyl (C=O) groups excluding carboxylic acids is 1. The number of nitrogens with one attached hydrogen (secondary N) is 1. The molecule has 4 aromatic rings. The summed E-state index contributed by atoms with van der Waals surface area (Å²) in [5.41, 5.74) is 1.65. The van der Waals surface area contributed by atoms with Gasteiger partial charge in [-0.1, -0.05) is 18.2 Å². The van der Waals surface area contributed by atoms with Crippen LogP contribution < -0.4 is 5.32 Å². The summed E-state index contributed by atoms with van der Waals surface area (Å²) in [6.45, 7) is -0.00335. The quantitative estimate of drug-likeness (QED) is 0.500. The monoisotopic (exact) mass is 426 g/mol. The summed E-state index contributed by atoms with van der Waals surface area (Å²) in [5.74, 6) is -0.443. The van der Waals surface area contributed by atoms with E-state index in [-0.39, 0.29) is 18.8 Å². The lowest BCUT2D eigenvalue weighted by Crippen LogP contribution is -2.12. The van der Waals surface area contributed by atoms with E-state index in [1.54, 1.807) is 41.0 Å². The largest absolute Gasteiger partial charge is 0.416 e. The van der Waals surface area contributed by atoms with Crippen LogP contribution in [0, 0.1) is 0 Å². The molecule has 2 N–H and O–H groups in total. The van der Waals surface area contributed by atoms with Gasteiger partial charge in [0.2, 0.25) is 0 Å². The van der Waals surface area contributed by atoms with E-state index in [4.69, 9.17) is 5.11 Å². The molecular formula is C22H17F3N4O2. The summed E-state index contributed by atoms with van der Waals surface area (Å²) in [6, 6.07) is 13.7. The first-order valence-corrected chi connectivity index (χ1v) is 9.31. The molecule has 0 aliphatic rings. The number of aliphatic hydroxyl groups excluding tert-OH is 1. The van der Waals surface area contributed by atoms with E-state index >= 15 is 0 Å². The van der Waals surface area contributed by atoms with Gasteiger partial charge in [0.1, 0.15) is 5.69 Å². The second kappa shape index (κ2) is 8.19. The van der Waals surface area contributed by atoms with Crippen molar-refractivity contribution >= 4 is 22.5 Å². The van der Waals surface area contributed by atoms with Gasteiger partial charge < -0.3 is 15.0 Å². The van der Waals surface area contributed by atoms with Crippen molar-refractivity contribution in [3.63, 3.8) is 0 Å². The number of rotatable bonds is 5. The van der Waals surface area contributed by atoms with Crippen molar-refractivity contribution in [1.82, 2.24) is 14.5 Å². The maximum atomic E-state index is 12.9. The number of amides is 1. The number of aromatic nitrogens is 3. The van der Waals surface area contributed by atoms with Crippen molar-refractivity contribution in [2.24, 2.45) is 0 Å². The molecule has 0 radical (unpaired) electrons. The summed E-state index contributed by atoms with van der Waals surface area (Å²) in [4.78, 5) is 20.9. The van der Waals surface area contributed by atoms with Gasteiger partial charge in [-0.25, -0.2) is 4.98 Å². The smallest absolute Gasteiger partial charge is 0.390 e. The summed E-state index contributed by atoms with van der Waals surface area (Å²) in [7, 11) is 0. The molecule has 9 heteroatoms. The number of nitrogens with zero attached hydrogens (tertiary/aromatic N) is 3. The number of hydrogen-bond acceptors (Lipinski definition) is 4. The van der Waals surface area contributed by atoms with Crippen LogP contribution in [-0.2, 0) is 19.3 Å². The van der Waals surface area contributed by atoms with E-state index in [0.717, 1.165) is 17.5 Å². The molecule has 2 aromatic heterocycles. The summed E-state index contributed by atoms with van der Waals surface area (Å²) >= 11 is 0. The molecule has 0 saturated carbocycles. The van der Waals surface area contributed by atoms with Crippen LogP contribution in [0.2, 0.25) is 0 Å². The first-order chi connectivity index (χ1) is 14.8. The zero-order valence-electron chi connectivity index (χ0n) is 16.1. The highest BCUT2D eigenvalue weighted by molar-refractivity contribution is 6.03. The third kappa shape index (κ3) is 4.72. The molecule has 4 rings (SSSR count). The molecule has 2 aromatic carbocycles. The third-order valence-corrected chi connectivity index (χ3v) is 4.65. The first-order valence-electron chi connectivity index (χ1n) is 9.31. The second-order valence-electron chi connectivity index (χ2n) is 6.95. The van der Waals surface area contributed by atoms with Crippen LogP contribution in [0.15, 0.2) is 67.1 Å². The van der Waals surface area contributed by atoms with Gasteiger partial charge in [0.25, 0.3) is 5.91 Å². The Balaban J connectivity index is 1.46. The highest BCUT2D eigenvalue weighted by atomic mass is 19.4. The molecule has 0 unspecified atom stereocenters. The maximum Gasteiger partial charge on any atom is 0.416 e. The van der Waals surface area contributed by atoms with Gasteiger partial charge in [-0.3, -0.25) is 9.78 Å². The fraction of sp³-hybridized carbons (Fsp3) is 0.136. The molecule has 0 aliphatic heterocycles. The van der Waals surface area contributed by atoms with Crippen molar-refractivity contribution in [3.05, 3.63) is 89.6 Å². The number of fused-ring (bicyclic) bond motifs is 1. The van der Waals surface area contributed by atoms with Crippen LogP contribution in [-0.4, -0.2) is 25.5 Å². The zero-order valence-corrected chi connectivity index (χ0v) is 16.1. The van der Waals surface area contributed by atoms with Crippen LogP contribution in [0.3, 0.4) is 0 Å². The number of hydrogen-bond donors (Lipinski definition) is 2. The van der Waals surface area contributed by atoms with Crippen molar-refractivity contribution in [3.8, 4) is 0 Å². The minimum Gasteiger partial charge on any atom is -0.390 e. The predicted molar refractivity (Wildman–Crippen MR) is 108 cm³/mol. The number of anilines is 1. The summed E-state index contributed by atoms with van der Waals surface area (Å²) < 4.78 is 40.2. The fourth-order valence-electron chi connectivity index (χ4n) is 3.15. The number of carbonyl (C=O) groups is 1. The second-order valence-corrected chi connectivity index (χ2v) is 6.95.